The molecule has 9 heteroatoms. The summed E-state index contributed by atoms with van der Waals surface area (Å²) in [7, 11) is 1.56. The molecule has 0 aromatic rings. The Labute approximate surface area is 396 Å². The van der Waals surface area contributed by atoms with Crippen molar-refractivity contribution in [2.24, 2.45) is 0 Å². The molecule has 0 saturated heterocycles. The van der Waals surface area contributed by atoms with Crippen LogP contribution in [0.1, 0.15) is 232 Å². The molecule has 0 heterocycles. The number of rotatable bonds is 48. The number of unbranched alkanes of at least 4 members (excludes halogenated alkanes) is 27. The molecule has 0 aliphatic rings. The van der Waals surface area contributed by atoms with E-state index in [4.69, 9.17) is 9.05 Å². The number of quaternary nitrogens is 1. The van der Waals surface area contributed by atoms with Crippen molar-refractivity contribution in [2.75, 3.05) is 40.9 Å². The third kappa shape index (κ3) is 48.1. The minimum atomic E-state index is -4.35. The van der Waals surface area contributed by atoms with Crippen LogP contribution in [0.15, 0.2) is 60.8 Å². The smallest absolute Gasteiger partial charge is 0.387 e. The van der Waals surface area contributed by atoms with E-state index < -0.39 is 20.0 Å². The van der Waals surface area contributed by atoms with Crippen LogP contribution in [-0.2, 0) is 18.4 Å². The Morgan fingerprint density at radius 1 is 0.547 bits per heavy atom. The summed E-state index contributed by atoms with van der Waals surface area (Å²) < 4.78 is 23.7. The first kappa shape index (κ1) is 62.2. The molecule has 0 aliphatic heterocycles. The van der Waals surface area contributed by atoms with Gasteiger partial charge < -0.3 is 19.8 Å². The van der Waals surface area contributed by atoms with Crippen molar-refractivity contribution in [1.82, 2.24) is 5.32 Å². The van der Waals surface area contributed by atoms with Gasteiger partial charge in [0.15, 0.2) is 0 Å². The third-order valence-corrected chi connectivity index (χ3v) is 12.7. The second kappa shape index (κ2) is 46.3. The Kier molecular flexibility index (Phi) is 45.0. The lowest BCUT2D eigenvalue weighted by Crippen LogP contribution is -2.45. The summed E-state index contributed by atoms with van der Waals surface area (Å²) in [4.78, 5) is 23.3. The lowest BCUT2D eigenvalue weighted by Gasteiger charge is -2.25. The number of carbonyl (C=O) groups excluding carboxylic acids is 1. The van der Waals surface area contributed by atoms with Gasteiger partial charge in [0.2, 0.25) is 5.91 Å². The number of phosphoric acid groups is 1. The zero-order chi connectivity index (χ0) is 47.1. The molecular weight excluding hydrogens is 816 g/mol. The van der Waals surface area contributed by atoms with Gasteiger partial charge in [0.05, 0.1) is 39.9 Å². The van der Waals surface area contributed by atoms with Crippen molar-refractivity contribution < 1.29 is 32.9 Å². The van der Waals surface area contributed by atoms with Crippen LogP contribution in [0.3, 0.4) is 0 Å². The maximum Gasteiger partial charge on any atom is 0.472 e. The standard InChI is InChI=1S/C55H103N2O6P/c1-6-8-10-12-14-16-18-20-22-24-26-28-30-32-34-36-38-40-42-44-46-48-54(58)53(52-63-64(60,61)62-51-50-57(3,4)5)56-55(59)49-47-45-43-41-39-37-35-33-31-29-27-25-23-21-19-17-15-13-11-9-7-2/h9,11,15,17,21,23,27,29,46,48,53-54,58H,6-8,10,12-14,16,18-20,22,24-26,28,30-45,47,49-52H2,1-5H3,(H-,56,59,60,61)/p+1/b11-9-,17-15-,23-21-,29-27-,48-46+. The fourth-order valence-corrected chi connectivity index (χ4v) is 8.30. The SMILES string of the molecule is CC/C=C\C/C=C\C/C=C\C/C=C\CCCCCCCCCCC(=O)NC(COP(=O)(O)OCC[N+](C)(C)C)C(O)/C=C/CCCCCCCCCCCCCCCCCCCCC. The van der Waals surface area contributed by atoms with Gasteiger partial charge in [-0.15, -0.1) is 0 Å². The first-order chi connectivity index (χ1) is 31.0. The highest BCUT2D eigenvalue weighted by Gasteiger charge is 2.27. The number of carbonyl (C=O) groups is 1. The quantitative estimate of drug-likeness (QED) is 0.0243. The zero-order valence-electron chi connectivity index (χ0n) is 42.5. The van der Waals surface area contributed by atoms with E-state index in [0.717, 1.165) is 70.6 Å². The van der Waals surface area contributed by atoms with E-state index in [1.54, 1.807) is 6.08 Å². The van der Waals surface area contributed by atoms with Crippen LogP contribution in [0.2, 0.25) is 0 Å². The molecule has 374 valence electrons. The Morgan fingerprint density at radius 2 is 0.938 bits per heavy atom. The molecule has 0 bridgehead atoms. The highest BCUT2D eigenvalue weighted by Crippen LogP contribution is 2.43. The van der Waals surface area contributed by atoms with E-state index in [-0.39, 0.29) is 19.1 Å². The van der Waals surface area contributed by atoms with Gasteiger partial charge in [-0.1, -0.05) is 229 Å². The lowest BCUT2D eigenvalue weighted by molar-refractivity contribution is -0.870. The second-order valence-corrected chi connectivity index (χ2v) is 20.7. The molecule has 64 heavy (non-hydrogen) atoms. The average molecular weight is 920 g/mol. The molecule has 0 rings (SSSR count). The van der Waals surface area contributed by atoms with Gasteiger partial charge in [-0.05, 0) is 57.8 Å². The topological polar surface area (TPSA) is 105 Å². The van der Waals surface area contributed by atoms with Crippen molar-refractivity contribution in [3.8, 4) is 0 Å². The molecular formula is C55H104N2O6P+. The van der Waals surface area contributed by atoms with Crippen molar-refractivity contribution >= 4 is 13.7 Å². The Bertz CT molecular complexity index is 1230. The minimum absolute atomic E-state index is 0.0578. The molecule has 1 amide bonds. The highest BCUT2D eigenvalue weighted by molar-refractivity contribution is 7.47. The summed E-state index contributed by atoms with van der Waals surface area (Å²) in [6.07, 6.45) is 61.6. The number of hydrogen-bond donors (Lipinski definition) is 3. The van der Waals surface area contributed by atoms with Gasteiger partial charge >= 0.3 is 7.82 Å². The largest absolute Gasteiger partial charge is 0.472 e. The minimum Gasteiger partial charge on any atom is -0.387 e. The normalized spacial score (nSPS) is 14.5. The van der Waals surface area contributed by atoms with Crippen LogP contribution >= 0.6 is 7.82 Å². The van der Waals surface area contributed by atoms with Crippen LogP contribution in [0.4, 0.5) is 0 Å². The maximum absolute atomic E-state index is 12.9. The Morgan fingerprint density at radius 3 is 1.38 bits per heavy atom. The van der Waals surface area contributed by atoms with Crippen LogP contribution in [0.25, 0.3) is 0 Å². The average Bonchev–Trinajstić information content (AvgIpc) is 3.25. The maximum atomic E-state index is 12.9. The molecule has 0 fully saturated rings. The summed E-state index contributed by atoms with van der Waals surface area (Å²) in [5.74, 6) is -0.186. The molecule has 3 unspecified atom stereocenters. The van der Waals surface area contributed by atoms with E-state index in [9.17, 15) is 19.4 Å². The highest BCUT2D eigenvalue weighted by atomic mass is 31.2. The molecule has 3 atom stereocenters. The van der Waals surface area contributed by atoms with E-state index in [2.05, 4.69) is 67.8 Å². The summed E-state index contributed by atoms with van der Waals surface area (Å²) >= 11 is 0. The number of phosphoric ester groups is 1. The summed E-state index contributed by atoms with van der Waals surface area (Å²) in [6.45, 7) is 4.71. The van der Waals surface area contributed by atoms with Crippen LogP contribution < -0.4 is 5.32 Å². The Hall–Kier alpha value is -1.80. The second-order valence-electron chi connectivity index (χ2n) is 19.2. The lowest BCUT2D eigenvalue weighted by atomic mass is 10.0. The third-order valence-electron chi connectivity index (χ3n) is 11.7. The molecule has 3 N–H and O–H groups in total. The van der Waals surface area contributed by atoms with E-state index in [1.165, 1.54) is 141 Å². The zero-order valence-corrected chi connectivity index (χ0v) is 43.4. The van der Waals surface area contributed by atoms with Crippen LogP contribution in [0, 0.1) is 0 Å². The van der Waals surface area contributed by atoms with Crippen molar-refractivity contribution in [1.29, 1.82) is 0 Å². The number of hydrogen-bond acceptors (Lipinski definition) is 5. The molecule has 0 radical (unpaired) electrons. The number of allylic oxidation sites excluding steroid dienone is 9. The van der Waals surface area contributed by atoms with Crippen molar-refractivity contribution in [3.05, 3.63) is 60.8 Å². The first-order valence-corrected chi connectivity index (χ1v) is 28.2. The number of likely N-dealkylation sites (N-methyl/N-ethyl adjacent to an activating group) is 1. The van der Waals surface area contributed by atoms with Gasteiger partial charge in [-0.25, -0.2) is 4.57 Å². The van der Waals surface area contributed by atoms with Gasteiger partial charge in [0.1, 0.15) is 13.2 Å². The molecule has 0 aromatic heterocycles. The van der Waals surface area contributed by atoms with Crippen molar-refractivity contribution in [2.45, 2.75) is 244 Å². The molecule has 0 saturated carbocycles. The molecule has 8 nitrogen and oxygen atoms in total. The summed E-state index contributed by atoms with van der Waals surface area (Å²) in [6, 6.07) is -0.854. The fraction of sp³-hybridized carbons (Fsp3) is 0.800. The van der Waals surface area contributed by atoms with Crippen molar-refractivity contribution in [3.63, 3.8) is 0 Å². The van der Waals surface area contributed by atoms with E-state index in [1.807, 2.05) is 27.2 Å². The Balaban J connectivity index is 4.31. The number of nitrogens with zero attached hydrogens (tertiary/aromatic N) is 1. The number of aliphatic hydroxyl groups excluding tert-OH is 1. The molecule has 0 aromatic carbocycles. The molecule has 0 spiro atoms. The van der Waals surface area contributed by atoms with Gasteiger partial charge in [0, 0.05) is 6.42 Å². The fourth-order valence-electron chi connectivity index (χ4n) is 7.56. The predicted octanol–water partition coefficient (Wildman–Crippen LogP) is 15.8. The number of aliphatic hydroxyl groups is 1. The van der Waals surface area contributed by atoms with Crippen LogP contribution in [0.5, 0.6) is 0 Å². The summed E-state index contributed by atoms with van der Waals surface area (Å²) in [5, 5.41) is 13.9. The van der Waals surface area contributed by atoms with Gasteiger partial charge in [-0.2, -0.15) is 0 Å². The van der Waals surface area contributed by atoms with E-state index >= 15 is 0 Å². The molecule has 0 aliphatic carbocycles. The van der Waals surface area contributed by atoms with E-state index in [0.29, 0.717) is 17.4 Å². The monoisotopic (exact) mass is 920 g/mol. The predicted molar refractivity (Wildman–Crippen MR) is 277 cm³/mol. The summed E-state index contributed by atoms with van der Waals surface area (Å²) in [5.41, 5.74) is 0. The first-order valence-electron chi connectivity index (χ1n) is 26.7. The van der Waals surface area contributed by atoms with Gasteiger partial charge in [0.25, 0.3) is 0 Å². The number of nitrogens with one attached hydrogen (secondary N) is 1. The van der Waals surface area contributed by atoms with Crippen LogP contribution in [-0.4, -0.2) is 73.4 Å². The van der Waals surface area contributed by atoms with Gasteiger partial charge in [-0.3, -0.25) is 13.8 Å². The number of amides is 1.